The first-order chi connectivity index (χ1) is 11.1. The van der Waals surface area contributed by atoms with E-state index < -0.39 is 0 Å². The number of hydrogen-bond acceptors (Lipinski definition) is 4. The Morgan fingerprint density at radius 2 is 1.91 bits per heavy atom. The molecule has 0 spiro atoms. The van der Waals surface area contributed by atoms with E-state index in [1.54, 1.807) is 53.6 Å². The number of carbonyl (C=O) groups excluding carboxylic acids is 1. The van der Waals surface area contributed by atoms with Crippen molar-refractivity contribution in [1.29, 1.82) is 0 Å². The van der Waals surface area contributed by atoms with Gasteiger partial charge in [-0.3, -0.25) is 4.79 Å². The van der Waals surface area contributed by atoms with Gasteiger partial charge < -0.3 is 18.8 Å². The zero-order valence-corrected chi connectivity index (χ0v) is 13.7. The second-order valence-electron chi connectivity index (χ2n) is 4.97. The second-order valence-corrected chi connectivity index (χ2v) is 5.75. The minimum atomic E-state index is -0.282. The van der Waals surface area contributed by atoms with Gasteiger partial charge in [0.05, 0.1) is 19.4 Å². The quantitative estimate of drug-likeness (QED) is 0.726. The number of phenolic OH excluding ortho intramolecular Hbond substituents is 1. The molecule has 0 aliphatic rings. The fourth-order valence-corrected chi connectivity index (χ4v) is 2.53. The number of benzene rings is 1. The van der Waals surface area contributed by atoms with Gasteiger partial charge in [-0.05, 0) is 46.3 Å². The Morgan fingerprint density at radius 3 is 2.57 bits per heavy atom. The van der Waals surface area contributed by atoms with Gasteiger partial charge in [-0.2, -0.15) is 0 Å². The SMILES string of the molecule is O=C(c1ccc(Br)o1)N(Cc1ccco1)Cc1ccccc1O. The summed E-state index contributed by atoms with van der Waals surface area (Å²) >= 11 is 3.19. The van der Waals surface area contributed by atoms with Crippen LogP contribution in [0.5, 0.6) is 5.75 Å². The van der Waals surface area contributed by atoms with Crippen LogP contribution < -0.4 is 0 Å². The van der Waals surface area contributed by atoms with Gasteiger partial charge in [-0.25, -0.2) is 0 Å². The fourth-order valence-electron chi connectivity index (χ4n) is 2.23. The number of hydrogen-bond donors (Lipinski definition) is 1. The summed E-state index contributed by atoms with van der Waals surface area (Å²) in [6.07, 6.45) is 1.56. The second kappa shape index (κ2) is 6.75. The third-order valence-electron chi connectivity index (χ3n) is 3.35. The maximum atomic E-state index is 12.7. The molecule has 23 heavy (non-hydrogen) atoms. The summed E-state index contributed by atoms with van der Waals surface area (Å²) in [4.78, 5) is 14.2. The lowest BCUT2D eigenvalue weighted by Crippen LogP contribution is -2.29. The molecule has 1 N–H and O–H groups in total. The number of amides is 1. The number of phenols is 1. The van der Waals surface area contributed by atoms with Crippen molar-refractivity contribution in [2.24, 2.45) is 0 Å². The number of halogens is 1. The van der Waals surface area contributed by atoms with Gasteiger partial charge in [0, 0.05) is 5.56 Å². The minimum absolute atomic E-state index is 0.144. The Kier molecular flexibility index (Phi) is 4.52. The number of para-hydroxylation sites is 1. The smallest absolute Gasteiger partial charge is 0.290 e. The fraction of sp³-hybridized carbons (Fsp3) is 0.118. The highest BCUT2D eigenvalue weighted by Crippen LogP contribution is 2.22. The molecule has 0 saturated carbocycles. The van der Waals surface area contributed by atoms with Gasteiger partial charge in [0.1, 0.15) is 11.5 Å². The van der Waals surface area contributed by atoms with Gasteiger partial charge >= 0.3 is 0 Å². The molecule has 6 heteroatoms. The van der Waals surface area contributed by atoms with Crippen molar-refractivity contribution < 1.29 is 18.7 Å². The van der Waals surface area contributed by atoms with Gasteiger partial charge in [0.15, 0.2) is 10.4 Å². The molecule has 1 aromatic carbocycles. The molecular formula is C17H14BrNO4. The Morgan fingerprint density at radius 1 is 1.09 bits per heavy atom. The summed E-state index contributed by atoms with van der Waals surface area (Å²) in [5.41, 5.74) is 0.651. The van der Waals surface area contributed by atoms with Crippen LogP contribution >= 0.6 is 15.9 Å². The lowest BCUT2D eigenvalue weighted by Gasteiger charge is -2.21. The normalized spacial score (nSPS) is 10.7. The lowest BCUT2D eigenvalue weighted by atomic mass is 10.2. The summed E-state index contributed by atoms with van der Waals surface area (Å²) < 4.78 is 11.2. The molecule has 1 amide bonds. The molecule has 0 bridgehead atoms. The number of aromatic hydroxyl groups is 1. The lowest BCUT2D eigenvalue weighted by molar-refractivity contribution is 0.0683. The van der Waals surface area contributed by atoms with Crippen LogP contribution in [0.4, 0.5) is 0 Å². The molecule has 0 radical (unpaired) electrons. The molecule has 118 valence electrons. The van der Waals surface area contributed by atoms with Gasteiger partial charge in [0.2, 0.25) is 0 Å². The highest BCUT2D eigenvalue weighted by Gasteiger charge is 2.21. The first-order valence-electron chi connectivity index (χ1n) is 6.97. The van der Waals surface area contributed by atoms with Crippen LogP contribution in [0.15, 0.2) is 68.3 Å². The van der Waals surface area contributed by atoms with Crippen LogP contribution in [0.1, 0.15) is 21.9 Å². The highest BCUT2D eigenvalue weighted by molar-refractivity contribution is 9.10. The summed E-state index contributed by atoms with van der Waals surface area (Å²) in [5, 5.41) is 9.95. The standard InChI is InChI=1S/C17H14BrNO4/c18-16-8-7-15(23-16)17(21)19(11-13-5-3-9-22-13)10-12-4-1-2-6-14(12)20/h1-9,20H,10-11H2. The van der Waals surface area contributed by atoms with Crippen molar-refractivity contribution in [3.8, 4) is 5.75 Å². The zero-order valence-electron chi connectivity index (χ0n) is 12.1. The van der Waals surface area contributed by atoms with Crippen molar-refractivity contribution in [1.82, 2.24) is 4.90 Å². The van der Waals surface area contributed by atoms with Crippen molar-refractivity contribution >= 4 is 21.8 Å². The third kappa shape index (κ3) is 3.65. The number of nitrogens with zero attached hydrogens (tertiary/aromatic N) is 1. The molecule has 5 nitrogen and oxygen atoms in total. The largest absolute Gasteiger partial charge is 0.508 e. The van der Waals surface area contributed by atoms with E-state index in [2.05, 4.69) is 15.9 Å². The van der Waals surface area contributed by atoms with Crippen LogP contribution in [0.25, 0.3) is 0 Å². The van der Waals surface area contributed by atoms with Crippen LogP contribution in [-0.4, -0.2) is 15.9 Å². The van der Waals surface area contributed by atoms with E-state index in [9.17, 15) is 9.90 Å². The van der Waals surface area contributed by atoms with E-state index in [0.717, 1.165) is 0 Å². The van der Waals surface area contributed by atoms with Crippen LogP contribution in [0, 0.1) is 0 Å². The maximum absolute atomic E-state index is 12.7. The number of carbonyl (C=O) groups is 1. The maximum Gasteiger partial charge on any atom is 0.290 e. The highest BCUT2D eigenvalue weighted by atomic mass is 79.9. The first kappa shape index (κ1) is 15.4. The summed E-state index contributed by atoms with van der Waals surface area (Å²) in [6, 6.07) is 13.7. The van der Waals surface area contributed by atoms with Crippen molar-refractivity contribution in [3.63, 3.8) is 0 Å². The molecule has 3 aromatic rings. The third-order valence-corrected chi connectivity index (χ3v) is 3.78. The number of rotatable bonds is 5. The average Bonchev–Trinajstić information content (AvgIpc) is 3.19. The molecule has 0 aliphatic heterocycles. The Hall–Kier alpha value is -2.47. The first-order valence-corrected chi connectivity index (χ1v) is 7.76. The zero-order chi connectivity index (χ0) is 16.2. The van der Waals surface area contributed by atoms with Crippen molar-refractivity contribution in [3.05, 3.63) is 76.5 Å². The molecule has 0 aliphatic carbocycles. The topological polar surface area (TPSA) is 66.8 Å². The van der Waals surface area contributed by atoms with E-state index in [-0.39, 0.29) is 30.5 Å². The van der Waals surface area contributed by atoms with E-state index >= 15 is 0 Å². The average molecular weight is 376 g/mol. The molecule has 0 fully saturated rings. The molecule has 3 rings (SSSR count). The van der Waals surface area contributed by atoms with Gasteiger partial charge in [-0.1, -0.05) is 18.2 Å². The number of furan rings is 2. The van der Waals surface area contributed by atoms with E-state index in [0.29, 0.717) is 16.0 Å². The molecule has 0 atom stereocenters. The van der Waals surface area contributed by atoms with E-state index in [4.69, 9.17) is 8.83 Å². The summed E-state index contributed by atoms with van der Waals surface area (Å²) in [6.45, 7) is 0.517. The van der Waals surface area contributed by atoms with Crippen LogP contribution in [0.2, 0.25) is 0 Å². The Bertz CT molecular complexity index is 795. The van der Waals surface area contributed by atoms with E-state index in [1.165, 1.54) is 0 Å². The van der Waals surface area contributed by atoms with Crippen molar-refractivity contribution in [2.75, 3.05) is 0 Å². The molecule has 2 heterocycles. The monoisotopic (exact) mass is 375 g/mol. The summed E-state index contributed by atoms with van der Waals surface area (Å²) in [7, 11) is 0. The minimum Gasteiger partial charge on any atom is -0.508 e. The van der Waals surface area contributed by atoms with Crippen molar-refractivity contribution in [2.45, 2.75) is 13.1 Å². The molecule has 0 saturated heterocycles. The van der Waals surface area contributed by atoms with Crippen LogP contribution in [0.3, 0.4) is 0 Å². The predicted molar refractivity (Wildman–Crippen MR) is 86.8 cm³/mol. The Balaban J connectivity index is 1.87. The summed E-state index contributed by atoms with van der Waals surface area (Å²) in [5.74, 6) is 0.735. The predicted octanol–water partition coefficient (Wildman–Crippen LogP) is 4.18. The Labute approximate surface area is 141 Å². The molecule has 0 unspecified atom stereocenters. The van der Waals surface area contributed by atoms with Gasteiger partial charge in [0.25, 0.3) is 5.91 Å². The van der Waals surface area contributed by atoms with E-state index in [1.807, 2.05) is 6.07 Å². The molecular weight excluding hydrogens is 362 g/mol. The molecule has 2 aromatic heterocycles. The van der Waals surface area contributed by atoms with Gasteiger partial charge in [-0.15, -0.1) is 0 Å². The van der Waals surface area contributed by atoms with Crippen LogP contribution in [-0.2, 0) is 13.1 Å².